The van der Waals surface area contributed by atoms with Gasteiger partial charge in [-0.1, -0.05) is 0 Å². The highest BCUT2D eigenvalue weighted by atomic mass is 16.5. The number of methoxy groups -OCH3 is 2. The van der Waals surface area contributed by atoms with Gasteiger partial charge >= 0.3 is 5.97 Å². The number of hydrogen-bond donors (Lipinski definition) is 1. The Morgan fingerprint density at radius 2 is 1.59 bits per heavy atom. The third kappa shape index (κ3) is 5.52. The highest BCUT2D eigenvalue weighted by Crippen LogP contribution is 2.38. The van der Waals surface area contributed by atoms with E-state index in [-0.39, 0.29) is 54.0 Å². The molecule has 2 unspecified atom stereocenters. The molecule has 1 aromatic carbocycles. The van der Waals surface area contributed by atoms with Crippen molar-refractivity contribution in [3.05, 3.63) is 17.7 Å². The van der Waals surface area contributed by atoms with Crippen molar-refractivity contribution < 1.29 is 33.3 Å². The fraction of sp³-hybridized carbons (Fsp3) is 0.550. The van der Waals surface area contributed by atoms with Gasteiger partial charge in [-0.05, 0) is 45.2 Å². The normalized spacial score (nSPS) is 18.7. The summed E-state index contributed by atoms with van der Waals surface area (Å²) in [6.07, 6.45) is 2.95. The van der Waals surface area contributed by atoms with Crippen molar-refractivity contribution in [2.45, 2.75) is 45.2 Å². The van der Waals surface area contributed by atoms with Crippen molar-refractivity contribution >= 4 is 17.8 Å². The third-order valence-corrected chi connectivity index (χ3v) is 4.86. The lowest BCUT2D eigenvalue weighted by Crippen LogP contribution is -2.49. The zero-order valence-corrected chi connectivity index (χ0v) is 17.2. The second-order valence-corrected chi connectivity index (χ2v) is 6.97. The molecular weight excluding hydrogens is 380 g/mol. The number of hydrogen-bond acceptors (Lipinski definition) is 7. The van der Waals surface area contributed by atoms with Crippen LogP contribution in [0.2, 0.25) is 0 Å². The Morgan fingerprint density at radius 3 is 2.07 bits per heavy atom. The predicted molar refractivity (Wildman–Crippen MR) is 104 cm³/mol. The number of carbonyl (C=O) groups is 3. The van der Waals surface area contributed by atoms with Gasteiger partial charge in [0.05, 0.1) is 19.8 Å². The van der Waals surface area contributed by atoms with Gasteiger partial charge in [0.2, 0.25) is 5.75 Å². The summed E-state index contributed by atoms with van der Waals surface area (Å²) in [5, 5.41) is 0. The molecule has 1 aliphatic rings. The molecular formula is C20H28N2O7. The minimum absolute atomic E-state index is 0.117. The number of benzene rings is 1. The van der Waals surface area contributed by atoms with Crippen molar-refractivity contribution in [1.29, 1.82) is 0 Å². The van der Waals surface area contributed by atoms with Crippen LogP contribution in [0.15, 0.2) is 12.1 Å². The molecule has 2 amide bonds. The third-order valence-electron chi connectivity index (χ3n) is 4.86. The lowest BCUT2D eigenvalue weighted by atomic mass is 9.97. The Balaban J connectivity index is 2.11. The molecule has 9 nitrogen and oxygen atoms in total. The number of nitrogens with two attached hydrogens (primary N) is 1. The molecule has 0 aromatic heterocycles. The predicted octanol–water partition coefficient (Wildman–Crippen LogP) is 1.51. The smallest absolute Gasteiger partial charge is 0.338 e. The van der Waals surface area contributed by atoms with E-state index in [0.29, 0.717) is 0 Å². The van der Waals surface area contributed by atoms with Crippen LogP contribution in [0.25, 0.3) is 0 Å². The Bertz CT molecular complexity index is 730. The van der Waals surface area contributed by atoms with E-state index in [1.165, 1.54) is 26.4 Å². The number of carbonyl (C=O) groups excluding carboxylic acids is 3. The van der Waals surface area contributed by atoms with Crippen LogP contribution in [0.1, 0.15) is 43.5 Å². The number of amides is 2. The summed E-state index contributed by atoms with van der Waals surface area (Å²) < 4.78 is 21.0. The summed E-state index contributed by atoms with van der Waals surface area (Å²) in [5.74, 6) is -1.12. The van der Waals surface area contributed by atoms with Crippen molar-refractivity contribution in [1.82, 2.24) is 4.90 Å². The first-order valence-electron chi connectivity index (χ1n) is 9.43. The molecule has 9 heteroatoms. The maximum absolute atomic E-state index is 12.5. The standard InChI is InChI=1S/C20H28N2O7/c1-12-6-5-7-13(2)22(12)18(24)11-29-20(25)14-8-15(26-3)19(16(9-14)27-4)28-10-17(21)23/h8-9,12-13H,5-7,10-11H2,1-4H3,(H2,21,23). The van der Waals surface area contributed by atoms with Gasteiger partial charge in [-0.15, -0.1) is 0 Å². The monoisotopic (exact) mass is 408 g/mol. The Kier molecular flexibility index (Phi) is 7.69. The molecule has 0 bridgehead atoms. The quantitative estimate of drug-likeness (QED) is 0.648. The summed E-state index contributed by atoms with van der Waals surface area (Å²) in [6.45, 7) is 3.27. The van der Waals surface area contributed by atoms with Crippen LogP contribution >= 0.6 is 0 Å². The van der Waals surface area contributed by atoms with Gasteiger partial charge in [0.25, 0.3) is 11.8 Å². The Labute approximate surface area is 170 Å². The SMILES string of the molecule is COc1cc(C(=O)OCC(=O)N2C(C)CCCC2C)cc(OC)c1OCC(N)=O. The summed E-state index contributed by atoms with van der Waals surface area (Å²) in [5.41, 5.74) is 5.22. The molecule has 1 heterocycles. The van der Waals surface area contributed by atoms with Crippen molar-refractivity contribution in [2.24, 2.45) is 5.73 Å². The van der Waals surface area contributed by atoms with Gasteiger partial charge < -0.3 is 29.6 Å². The van der Waals surface area contributed by atoms with Crippen molar-refractivity contribution in [3.63, 3.8) is 0 Å². The van der Waals surface area contributed by atoms with Gasteiger partial charge in [-0.2, -0.15) is 0 Å². The van der Waals surface area contributed by atoms with E-state index in [1.807, 2.05) is 13.8 Å². The van der Waals surface area contributed by atoms with Crippen LogP contribution in [-0.2, 0) is 14.3 Å². The van der Waals surface area contributed by atoms with Crippen LogP contribution in [0.4, 0.5) is 0 Å². The molecule has 0 radical (unpaired) electrons. The van der Waals surface area contributed by atoms with Crippen LogP contribution in [0.3, 0.4) is 0 Å². The van der Waals surface area contributed by atoms with E-state index >= 15 is 0 Å². The van der Waals surface area contributed by atoms with Gasteiger partial charge in [0.15, 0.2) is 24.7 Å². The molecule has 2 rings (SSSR count). The minimum atomic E-state index is -0.700. The molecule has 160 valence electrons. The summed E-state index contributed by atoms with van der Waals surface area (Å²) >= 11 is 0. The van der Waals surface area contributed by atoms with E-state index < -0.39 is 11.9 Å². The largest absolute Gasteiger partial charge is 0.493 e. The van der Waals surface area contributed by atoms with Crippen molar-refractivity contribution in [2.75, 3.05) is 27.4 Å². The molecule has 0 spiro atoms. The first-order valence-corrected chi connectivity index (χ1v) is 9.43. The number of nitrogens with zero attached hydrogens (tertiary/aromatic N) is 1. The van der Waals surface area contributed by atoms with Gasteiger partial charge in [-0.3, -0.25) is 9.59 Å². The van der Waals surface area contributed by atoms with Crippen LogP contribution in [-0.4, -0.2) is 62.2 Å². The average molecular weight is 408 g/mol. The summed E-state index contributed by atoms with van der Waals surface area (Å²) in [4.78, 5) is 37.8. The number of likely N-dealkylation sites (tertiary alicyclic amines) is 1. The first kappa shape index (κ1) is 22.3. The van der Waals surface area contributed by atoms with Crippen LogP contribution in [0, 0.1) is 0 Å². The Morgan fingerprint density at radius 1 is 1.03 bits per heavy atom. The van der Waals surface area contributed by atoms with Gasteiger partial charge in [0, 0.05) is 12.1 Å². The zero-order chi connectivity index (χ0) is 21.6. The summed E-state index contributed by atoms with van der Waals surface area (Å²) in [6, 6.07) is 3.01. The van der Waals surface area contributed by atoms with Gasteiger partial charge in [-0.25, -0.2) is 4.79 Å². The zero-order valence-electron chi connectivity index (χ0n) is 17.2. The number of rotatable bonds is 8. The highest BCUT2D eigenvalue weighted by Gasteiger charge is 2.29. The number of esters is 1. The Hall–Kier alpha value is -2.97. The number of piperidine rings is 1. The molecule has 1 aromatic rings. The second-order valence-electron chi connectivity index (χ2n) is 6.97. The molecule has 1 fully saturated rings. The van der Waals surface area contributed by atoms with E-state index in [9.17, 15) is 14.4 Å². The molecule has 0 saturated carbocycles. The molecule has 1 saturated heterocycles. The lowest BCUT2D eigenvalue weighted by Gasteiger charge is -2.38. The molecule has 1 aliphatic heterocycles. The van der Waals surface area contributed by atoms with E-state index in [4.69, 9.17) is 24.7 Å². The lowest BCUT2D eigenvalue weighted by molar-refractivity contribution is -0.140. The topological polar surface area (TPSA) is 117 Å². The minimum Gasteiger partial charge on any atom is -0.493 e. The van der Waals surface area contributed by atoms with E-state index in [1.54, 1.807) is 4.90 Å². The number of ether oxygens (including phenoxy) is 4. The van der Waals surface area contributed by atoms with E-state index in [2.05, 4.69) is 0 Å². The molecule has 0 aliphatic carbocycles. The highest BCUT2D eigenvalue weighted by molar-refractivity contribution is 5.93. The molecule has 2 N–H and O–H groups in total. The average Bonchev–Trinajstić information content (AvgIpc) is 2.69. The fourth-order valence-electron chi connectivity index (χ4n) is 3.48. The first-order chi connectivity index (χ1) is 13.8. The second kappa shape index (κ2) is 9.99. The fourth-order valence-corrected chi connectivity index (χ4v) is 3.48. The number of primary amides is 1. The van der Waals surface area contributed by atoms with Crippen LogP contribution in [0.5, 0.6) is 17.2 Å². The maximum atomic E-state index is 12.5. The van der Waals surface area contributed by atoms with E-state index in [0.717, 1.165) is 19.3 Å². The van der Waals surface area contributed by atoms with Gasteiger partial charge in [0.1, 0.15) is 0 Å². The maximum Gasteiger partial charge on any atom is 0.338 e. The molecule has 29 heavy (non-hydrogen) atoms. The summed E-state index contributed by atoms with van der Waals surface area (Å²) in [7, 11) is 2.76. The van der Waals surface area contributed by atoms with Crippen molar-refractivity contribution in [3.8, 4) is 17.2 Å². The van der Waals surface area contributed by atoms with Crippen LogP contribution < -0.4 is 19.9 Å². The molecule has 2 atom stereocenters.